The molecule has 2 nitrogen and oxygen atoms in total. The van der Waals surface area contributed by atoms with Crippen molar-refractivity contribution in [1.29, 1.82) is 5.26 Å². The van der Waals surface area contributed by atoms with E-state index < -0.39 is 0 Å². The monoisotopic (exact) mass is 280 g/mol. The largest absolute Gasteiger partial charge is 0.384 e. The third kappa shape index (κ3) is 3.53. The molecular formula is C13H17BrN2. The van der Waals surface area contributed by atoms with E-state index in [9.17, 15) is 0 Å². The molecular weight excluding hydrogens is 264 g/mol. The minimum atomic E-state index is 0.292. The molecule has 0 fully saturated rings. The molecule has 1 aromatic rings. The normalized spacial score (nSPS) is 10.9. The molecule has 0 aliphatic heterocycles. The molecule has 0 saturated carbocycles. The van der Waals surface area contributed by atoms with Crippen molar-refractivity contribution >= 4 is 21.6 Å². The number of anilines is 1. The van der Waals surface area contributed by atoms with Crippen LogP contribution in [0.15, 0.2) is 22.7 Å². The molecule has 0 radical (unpaired) electrons. The van der Waals surface area contributed by atoms with Crippen LogP contribution in [-0.4, -0.2) is 6.54 Å². The Labute approximate surface area is 106 Å². The van der Waals surface area contributed by atoms with E-state index >= 15 is 0 Å². The quantitative estimate of drug-likeness (QED) is 0.899. The maximum absolute atomic E-state index is 8.81. The molecule has 0 bridgehead atoms. The van der Waals surface area contributed by atoms with Gasteiger partial charge in [-0.15, -0.1) is 0 Å². The molecule has 16 heavy (non-hydrogen) atoms. The van der Waals surface area contributed by atoms with Gasteiger partial charge < -0.3 is 5.32 Å². The van der Waals surface area contributed by atoms with Gasteiger partial charge >= 0.3 is 0 Å². The van der Waals surface area contributed by atoms with Gasteiger partial charge in [0.1, 0.15) is 6.07 Å². The van der Waals surface area contributed by atoms with Gasteiger partial charge in [-0.2, -0.15) is 5.26 Å². The number of rotatable bonds is 4. The third-order valence-corrected chi connectivity index (χ3v) is 3.47. The standard InChI is InChI=1S/C13H17BrN2/c1-4-13(2,3)9-16-11-6-5-10(8-15)12(14)7-11/h5-7,16H,4,9H2,1-3H3. The van der Waals surface area contributed by atoms with Crippen molar-refractivity contribution in [1.82, 2.24) is 0 Å². The van der Waals surface area contributed by atoms with Crippen LogP contribution in [0.1, 0.15) is 32.8 Å². The van der Waals surface area contributed by atoms with Gasteiger partial charge in [-0.3, -0.25) is 0 Å². The Bertz CT molecular complexity index is 405. The lowest BCUT2D eigenvalue weighted by molar-refractivity contribution is 0.377. The fourth-order valence-corrected chi connectivity index (χ4v) is 1.65. The van der Waals surface area contributed by atoms with E-state index in [1.807, 2.05) is 18.2 Å². The number of nitriles is 1. The zero-order valence-electron chi connectivity index (χ0n) is 9.97. The van der Waals surface area contributed by atoms with E-state index in [-0.39, 0.29) is 0 Å². The van der Waals surface area contributed by atoms with Crippen LogP contribution in [0.2, 0.25) is 0 Å². The molecule has 0 unspecified atom stereocenters. The molecule has 0 aliphatic carbocycles. The average Bonchev–Trinajstić information content (AvgIpc) is 2.27. The first-order chi connectivity index (χ1) is 7.48. The molecule has 0 aliphatic rings. The Kier molecular flexibility index (Phi) is 4.37. The lowest BCUT2D eigenvalue weighted by Gasteiger charge is -2.23. The molecule has 0 heterocycles. The van der Waals surface area contributed by atoms with Crippen LogP contribution in [-0.2, 0) is 0 Å². The summed E-state index contributed by atoms with van der Waals surface area (Å²) in [5, 5.41) is 12.2. The smallest absolute Gasteiger partial charge is 0.100 e. The van der Waals surface area contributed by atoms with E-state index in [2.05, 4.69) is 48.1 Å². The lowest BCUT2D eigenvalue weighted by atomic mass is 9.90. The van der Waals surface area contributed by atoms with Crippen molar-refractivity contribution in [3.63, 3.8) is 0 Å². The van der Waals surface area contributed by atoms with Crippen molar-refractivity contribution in [3.8, 4) is 6.07 Å². The number of hydrogen-bond donors (Lipinski definition) is 1. The average molecular weight is 281 g/mol. The van der Waals surface area contributed by atoms with Gasteiger partial charge in [0.2, 0.25) is 0 Å². The minimum Gasteiger partial charge on any atom is -0.384 e. The second kappa shape index (κ2) is 5.36. The second-order valence-electron chi connectivity index (χ2n) is 4.68. The molecule has 0 saturated heterocycles. The van der Waals surface area contributed by atoms with Crippen LogP contribution in [0, 0.1) is 16.7 Å². The van der Waals surface area contributed by atoms with Crippen LogP contribution in [0.5, 0.6) is 0 Å². The zero-order chi connectivity index (χ0) is 12.2. The van der Waals surface area contributed by atoms with Crippen LogP contribution in [0.3, 0.4) is 0 Å². The molecule has 3 heteroatoms. The first-order valence-electron chi connectivity index (χ1n) is 5.42. The fraction of sp³-hybridized carbons (Fsp3) is 0.462. The molecule has 1 aromatic carbocycles. The van der Waals surface area contributed by atoms with Gasteiger partial charge in [-0.25, -0.2) is 0 Å². The number of benzene rings is 1. The summed E-state index contributed by atoms with van der Waals surface area (Å²) in [4.78, 5) is 0. The predicted octanol–water partition coefficient (Wildman–Crippen LogP) is 4.17. The van der Waals surface area contributed by atoms with Crippen LogP contribution >= 0.6 is 15.9 Å². The summed E-state index contributed by atoms with van der Waals surface area (Å²) in [7, 11) is 0. The molecule has 0 amide bonds. The van der Waals surface area contributed by atoms with Crippen molar-refractivity contribution in [3.05, 3.63) is 28.2 Å². The summed E-state index contributed by atoms with van der Waals surface area (Å²) < 4.78 is 0.842. The van der Waals surface area contributed by atoms with Crippen LogP contribution in [0.25, 0.3) is 0 Å². The summed E-state index contributed by atoms with van der Waals surface area (Å²) in [6.07, 6.45) is 1.14. The van der Waals surface area contributed by atoms with E-state index in [0.717, 1.165) is 23.1 Å². The predicted molar refractivity (Wildman–Crippen MR) is 71.4 cm³/mol. The van der Waals surface area contributed by atoms with E-state index in [1.165, 1.54) is 0 Å². The van der Waals surface area contributed by atoms with Crippen molar-refractivity contribution in [2.75, 3.05) is 11.9 Å². The van der Waals surface area contributed by atoms with Gasteiger partial charge in [-0.05, 0) is 46.0 Å². The maximum atomic E-state index is 8.81. The summed E-state index contributed by atoms with van der Waals surface area (Å²) in [6, 6.07) is 7.84. The number of nitrogens with one attached hydrogen (secondary N) is 1. The maximum Gasteiger partial charge on any atom is 0.100 e. The summed E-state index contributed by atoms with van der Waals surface area (Å²) in [6.45, 7) is 7.59. The number of halogens is 1. The highest BCUT2D eigenvalue weighted by Gasteiger charge is 2.14. The number of nitrogens with zero attached hydrogens (tertiary/aromatic N) is 1. The minimum absolute atomic E-state index is 0.292. The highest BCUT2D eigenvalue weighted by atomic mass is 79.9. The summed E-state index contributed by atoms with van der Waals surface area (Å²) >= 11 is 3.38. The van der Waals surface area contributed by atoms with Crippen molar-refractivity contribution < 1.29 is 0 Å². The first kappa shape index (κ1) is 13.1. The SMILES string of the molecule is CCC(C)(C)CNc1ccc(C#N)c(Br)c1. The second-order valence-corrected chi connectivity index (χ2v) is 5.53. The summed E-state index contributed by atoms with van der Waals surface area (Å²) in [5.74, 6) is 0. The topological polar surface area (TPSA) is 35.8 Å². The summed E-state index contributed by atoms with van der Waals surface area (Å²) in [5.41, 5.74) is 2.01. The van der Waals surface area contributed by atoms with Gasteiger partial charge in [0.25, 0.3) is 0 Å². The van der Waals surface area contributed by atoms with Crippen LogP contribution < -0.4 is 5.32 Å². The van der Waals surface area contributed by atoms with Crippen molar-refractivity contribution in [2.24, 2.45) is 5.41 Å². The fourth-order valence-electron chi connectivity index (χ4n) is 1.18. The Hall–Kier alpha value is -1.01. The Morgan fingerprint density at radius 1 is 1.44 bits per heavy atom. The zero-order valence-corrected chi connectivity index (χ0v) is 11.6. The first-order valence-corrected chi connectivity index (χ1v) is 6.21. The molecule has 0 spiro atoms. The molecule has 86 valence electrons. The third-order valence-electron chi connectivity index (χ3n) is 2.82. The van der Waals surface area contributed by atoms with Gasteiger partial charge in [0, 0.05) is 16.7 Å². The Morgan fingerprint density at radius 2 is 2.12 bits per heavy atom. The molecule has 0 atom stereocenters. The van der Waals surface area contributed by atoms with E-state index in [4.69, 9.17) is 5.26 Å². The van der Waals surface area contributed by atoms with Gasteiger partial charge in [-0.1, -0.05) is 20.8 Å². The van der Waals surface area contributed by atoms with Gasteiger partial charge in [0.05, 0.1) is 5.56 Å². The van der Waals surface area contributed by atoms with Crippen LogP contribution in [0.4, 0.5) is 5.69 Å². The van der Waals surface area contributed by atoms with E-state index in [1.54, 1.807) is 0 Å². The van der Waals surface area contributed by atoms with E-state index in [0.29, 0.717) is 11.0 Å². The lowest BCUT2D eigenvalue weighted by Crippen LogP contribution is -2.21. The molecule has 0 aromatic heterocycles. The highest BCUT2D eigenvalue weighted by Crippen LogP contribution is 2.24. The molecule has 1 N–H and O–H groups in total. The number of hydrogen-bond acceptors (Lipinski definition) is 2. The highest BCUT2D eigenvalue weighted by molar-refractivity contribution is 9.10. The Balaban J connectivity index is 2.70. The van der Waals surface area contributed by atoms with Gasteiger partial charge in [0.15, 0.2) is 0 Å². The Morgan fingerprint density at radius 3 is 2.62 bits per heavy atom. The molecule has 1 rings (SSSR count). The van der Waals surface area contributed by atoms with Crippen molar-refractivity contribution in [2.45, 2.75) is 27.2 Å².